The minimum Gasteiger partial charge on any atom is -0.467 e. The number of hydrogen-bond acceptors (Lipinski definition) is 8. The highest BCUT2D eigenvalue weighted by molar-refractivity contribution is 5.47. The minimum absolute atomic E-state index is 0.0332. The van der Waals surface area contributed by atoms with Gasteiger partial charge in [-0.1, -0.05) is 0 Å². The number of hydrogen-bond donors (Lipinski definition) is 1. The van der Waals surface area contributed by atoms with E-state index in [2.05, 4.69) is 20.3 Å². The Balaban J connectivity index is 2.40. The van der Waals surface area contributed by atoms with E-state index < -0.39 is 16.4 Å². The van der Waals surface area contributed by atoms with Crippen LogP contribution in [0.25, 0.3) is 0 Å². The number of nitrogens with zero attached hydrogens (tertiary/aromatic N) is 4. The third kappa shape index (κ3) is 3.29. The molecule has 0 unspecified atom stereocenters. The number of rotatable bonds is 5. The second-order valence-corrected chi connectivity index (χ2v) is 3.65. The summed E-state index contributed by atoms with van der Waals surface area (Å²) in [6.07, 6.45) is 0. The van der Waals surface area contributed by atoms with Crippen molar-refractivity contribution < 1.29 is 18.8 Å². The van der Waals surface area contributed by atoms with Crippen molar-refractivity contribution in [1.82, 2.24) is 15.0 Å². The molecule has 2 aromatic rings. The first kappa shape index (κ1) is 14.4. The predicted octanol–water partition coefficient (Wildman–Crippen LogP) is 1.76. The lowest BCUT2D eigenvalue weighted by Gasteiger charge is -2.07. The van der Waals surface area contributed by atoms with Gasteiger partial charge in [0.25, 0.3) is 0 Å². The molecular weight excluding hydrogens is 285 g/mol. The molecule has 21 heavy (non-hydrogen) atoms. The summed E-state index contributed by atoms with van der Waals surface area (Å²) in [7, 11) is 2.91. The molecule has 0 aliphatic rings. The van der Waals surface area contributed by atoms with Gasteiger partial charge in [0, 0.05) is 7.05 Å². The molecule has 1 aromatic heterocycles. The lowest BCUT2D eigenvalue weighted by molar-refractivity contribution is -0.385. The number of methoxy groups -OCH3 is 1. The highest BCUT2D eigenvalue weighted by Crippen LogP contribution is 2.31. The average Bonchev–Trinajstić information content (AvgIpc) is 2.48. The summed E-state index contributed by atoms with van der Waals surface area (Å²) in [4.78, 5) is 21.6. The summed E-state index contributed by atoms with van der Waals surface area (Å²) < 4.78 is 23.1. The lowest BCUT2D eigenvalue weighted by atomic mass is 10.3. The normalized spacial score (nSPS) is 10.0. The fourth-order valence-electron chi connectivity index (χ4n) is 1.40. The van der Waals surface area contributed by atoms with Gasteiger partial charge in [0.05, 0.1) is 18.1 Å². The Kier molecular flexibility index (Phi) is 4.07. The Morgan fingerprint density at radius 1 is 1.29 bits per heavy atom. The maximum absolute atomic E-state index is 13.1. The standard InChI is InChI=1S/C11H10FN5O4/c1-13-9-14-10(20-2)16-11(15-9)21-8-4-3-6(12)5-7(8)17(18)19/h3-5H,1-2H3,(H,13,14,15,16). The Bertz CT molecular complexity index is 659. The van der Waals surface area contributed by atoms with Gasteiger partial charge in [-0.25, -0.2) is 4.39 Å². The molecule has 9 nitrogen and oxygen atoms in total. The molecule has 10 heteroatoms. The molecular formula is C11H10FN5O4. The molecule has 1 aromatic carbocycles. The number of benzene rings is 1. The van der Waals surface area contributed by atoms with Crippen molar-refractivity contribution in [2.75, 3.05) is 19.5 Å². The van der Waals surface area contributed by atoms with Crippen molar-refractivity contribution in [1.29, 1.82) is 0 Å². The maximum atomic E-state index is 13.1. The zero-order valence-electron chi connectivity index (χ0n) is 11.0. The number of nitro benzene ring substituents is 1. The van der Waals surface area contributed by atoms with E-state index in [1.807, 2.05) is 0 Å². The van der Waals surface area contributed by atoms with Crippen LogP contribution in [-0.2, 0) is 0 Å². The predicted molar refractivity (Wildman–Crippen MR) is 69.1 cm³/mol. The van der Waals surface area contributed by atoms with E-state index in [0.717, 1.165) is 18.2 Å². The Morgan fingerprint density at radius 3 is 2.62 bits per heavy atom. The van der Waals surface area contributed by atoms with E-state index in [4.69, 9.17) is 9.47 Å². The Morgan fingerprint density at radius 2 is 2.00 bits per heavy atom. The largest absolute Gasteiger partial charge is 0.467 e. The van der Waals surface area contributed by atoms with Gasteiger partial charge >= 0.3 is 17.7 Å². The van der Waals surface area contributed by atoms with Crippen molar-refractivity contribution in [3.05, 3.63) is 34.1 Å². The van der Waals surface area contributed by atoms with Gasteiger partial charge in [0.2, 0.25) is 11.7 Å². The Labute approximate surface area is 117 Å². The van der Waals surface area contributed by atoms with Crippen LogP contribution in [0.15, 0.2) is 18.2 Å². The number of halogens is 1. The van der Waals surface area contributed by atoms with Crippen LogP contribution in [0.5, 0.6) is 17.8 Å². The van der Waals surface area contributed by atoms with Gasteiger partial charge < -0.3 is 14.8 Å². The molecule has 0 aliphatic carbocycles. The van der Waals surface area contributed by atoms with Crippen molar-refractivity contribution in [2.24, 2.45) is 0 Å². The third-order valence-corrected chi connectivity index (χ3v) is 2.32. The van der Waals surface area contributed by atoms with Crippen LogP contribution in [0, 0.1) is 15.9 Å². The van der Waals surface area contributed by atoms with Crippen molar-refractivity contribution in [3.8, 4) is 17.8 Å². The molecule has 0 radical (unpaired) electrons. The second kappa shape index (κ2) is 5.94. The van der Waals surface area contributed by atoms with Crippen LogP contribution in [0.2, 0.25) is 0 Å². The van der Waals surface area contributed by atoms with Crippen molar-refractivity contribution >= 4 is 11.6 Å². The number of anilines is 1. The number of aromatic nitrogens is 3. The van der Waals surface area contributed by atoms with Crippen LogP contribution in [0.1, 0.15) is 0 Å². The summed E-state index contributed by atoms with van der Waals surface area (Å²) in [5, 5.41) is 13.5. The summed E-state index contributed by atoms with van der Waals surface area (Å²) in [5.74, 6) is -0.795. The van der Waals surface area contributed by atoms with E-state index in [-0.39, 0.29) is 23.7 Å². The summed E-state index contributed by atoms with van der Waals surface area (Å²) in [6, 6.07) is 2.63. The van der Waals surface area contributed by atoms with Gasteiger partial charge in [0.1, 0.15) is 5.82 Å². The monoisotopic (exact) mass is 295 g/mol. The van der Waals surface area contributed by atoms with Gasteiger partial charge in [-0.15, -0.1) is 4.98 Å². The van der Waals surface area contributed by atoms with E-state index >= 15 is 0 Å². The highest BCUT2D eigenvalue weighted by Gasteiger charge is 2.19. The quantitative estimate of drug-likeness (QED) is 0.655. The summed E-state index contributed by atoms with van der Waals surface area (Å²) >= 11 is 0. The summed E-state index contributed by atoms with van der Waals surface area (Å²) in [5.41, 5.74) is -0.541. The van der Waals surface area contributed by atoms with Gasteiger partial charge in [-0.05, 0) is 12.1 Å². The topological polar surface area (TPSA) is 112 Å². The van der Waals surface area contributed by atoms with Crippen LogP contribution in [0.4, 0.5) is 16.0 Å². The smallest absolute Gasteiger partial charge is 0.330 e. The average molecular weight is 295 g/mol. The molecule has 0 bridgehead atoms. The van der Waals surface area contributed by atoms with Gasteiger partial charge in [-0.3, -0.25) is 10.1 Å². The van der Waals surface area contributed by atoms with Gasteiger partial charge in [-0.2, -0.15) is 9.97 Å². The summed E-state index contributed by atoms with van der Waals surface area (Å²) in [6.45, 7) is 0. The second-order valence-electron chi connectivity index (χ2n) is 3.65. The zero-order chi connectivity index (χ0) is 15.4. The minimum atomic E-state index is -0.768. The van der Waals surface area contributed by atoms with Crippen molar-refractivity contribution in [2.45, 2.75) is 0 Å². The molecule has 2 rings (SSSR count). The van der Waals surface area contributed by atoms with Crippen LogP contribution in [0.3, 0.4) is 0 Å². The van der Waals surface area contributed by atoms with Crippen LogP contribution in [-0.4, -0.2) is 34.0 Å². The Hall–Kier alpha value is -3.04. The SMILES string of the molecule is CNc1nc(OC)nc(Oc2ccc(F)cc2[N+](=O)[O-])n1. The number of nitrogens with one attached hydrogen (secondary N) is 1. The third-order valence-electron chi connectivity index (χ3n) is 2.32. The fourth-order valence-corrected chi connectivity index (χ4v) is 1.40. The van der Waals surface area contributed by atoms with E-state index in [0.29, 0.717) is 0 Å². The van der Waals surface area contributed by atoms with Crippen LogP contribution >= 0.6 is 0 Å². The first-order chi connectivity index (χ1) is 10.0. The molecule has 0 saturated carbocycles. The van der Waals surface area contributed by atoms with E-state index in [1.54, 1.807) is 7.05 Å². The number of nitro groups is 1. The highest BCUT2D eigenvalue weighted by atomic mass is 19.1. The first-order valence-electron chi connectivity index (χ1n) is 5.63. The number of ether oxygens (including phenoxy) is 2. The van der Waals surface area contributed by atoms with Crippen LogP contribution < -0.4 is 14.8 Å². The molecule has 110 valence electrons. The molecule has 0 amide bonds. The molecule has 0 fully saturated rings. The molecule has 1 N–H and O–H groups in total. The molecule has 0 saturated heterocycles. The van der Waals surface area contributed by atoms with Crippen molar-refractivity contribution in [3.63, 3.8) is 0 Å². The molecule has 1 heterocycles. The first-order valence-corrected chi connectivity index (χ1v) is 5.63. The van der Waals surface area contributed by atoms with E-state index in [1.165, 1.54) is 7.11 Å². The molecule has 0 aliphatic heterocycles. The maximum Gasteiger partial charge on any atom is 0.330 e. The molecule has 0 atom stereocenters. The lowest BCUT2D eigenvalue weighted by Crippen LogP contribution is -2.04. The fraction of sp³-hybridized carbons (Fsp3) is 0.182. The van der Waals surface area contributed by atoms with E-state index in [9.17, 15) is 14.5 Å². The van der Waals surface area contributed by atoms with Gasteiger partial charge in [0.15, 0.2) is 0 Å². The zero-order valence-corrected chi connectivity index (χ0v) is 11.0. The molecule has 0 spiro atoms.